The SMILES string of the molecule is CCN(CC)C(=S)S[Te]SC(N)=S. The summed E-state index contributed by atoms with van der Waals surface area (Å²) in [4.78, 5) is 2.17. The molecule has 2 nitrogen and oxygen atoms in total. The van der Waals surface area contributed by atoms with Crippen molar-refractivity contribution in [3.05, 3.63) is 0 Å². The van der Waals surface area contributed by atoms with Crippen molar-refractivity contribution in [2.75, 3.05) is 13.1 Å². The molecule has 2 N–H and O–H groups in total. The summed E-state index contributed by atoms with van der Waals surface area (Å²) < 4.78 is 1.52. The molecule has 13 heavy (non-hydrogen) atoms. The predicted octanol–water partition coefficient (Wildman–Crippen LogP) is 1.86. The van der Waals surface area contributed by atoms with Gasteiger partial charge in [0.05, 0.1) is 0 Å². The van der Waals surface area contributed by atoms with Crippen molar-refractivity contribution in [2.45, 2.75) is 13.8 Å². The average molecular weight is 368 g/mol. The first-order chi connectivity index (χ1) is 6.11. The molecular formula is C6H12N2S4Te. The van der Waals surface area contributed by atoms with Gasteiger partial charge in [-0.05, 0) is 0 Å². The minimum absolute atomic E-state index is 0.286. The number of rotatable bonds is 4. The van der Waals surface area contributed by atoms with E-state index in [4.69, 9.17) is 30.2 Å². The van der Waals surface area contributed by atoms with Crippen LogP contribution >= 0.6 is 42.4 Å². The second kappa shape index (κ2) is 8.57. The number of nitrogens with zero attached hydrogens (tertiary/aromatic N) is 1. The van der Waals surface area contributed by atoms with Crippen LogP contribution in [0.5, 0.6) is 0 Å². The normalized spacial score (nSPS) is 9.69. The van der Waals surface area contributed by atoms with E-state index in [0.717, 1.165) is 17.4 Å². The third-order valence-electron chi connectivity index (χ3n) is 1.24. The maximum absolute atomic E-state index is 5.38. The zero-order chi connectivity index (χ0) is 10.3. The van der Waals surface area contributed by atoms with Crippen LogP contribution in [-0.4, -0.2) is 44.8 Å². The van der Waals surface area contributed by atoms with Gasteiger partial charge in [0.2, 0.25) is 0 Å². The van der Waals surface area contributed by atoms with Gasteiger partial charge in [0.15, 0.2) is 0 Å². The van der Waals surface area contributed by atoms with E-state index in [1.807, 2.05) is 0 Å². The molecule has 0 aromatic rings. The fraction of sp³-hybridized carbons (Fsp3) is 0.667. The summed E-state index contributed by atoms with van der Waals surface area (Å²) >= 11 is 9.74. The molecule has 0 atom stereocenters. The Labute approximate surface area is 106 Å². The van der Waals surface area contributed by atoms with Crippen molar-refractivity contribution in [3.8, 4) is 0 Å². The molecule has 0 rings (SSSR count). The van der Waals surface area contributed by atoms with Crippen LogP contribution in [0.1, 0.15) is 13.8 Å². The van der Waals surface area contributed by atoms with Crippen LogP contribution in [0.2, 0.25) is 0 Å². The van der Waals surface area contributed by atoms with Crippen LogP contribution in [0.25, 0.3) is 0 Å². The Hall–Kier alpha value is 1.27. The first-order valence-electron chi connectivity index (χ1n) is 3.71. The monoisotopic (exact) mass is 370 g/mol. The molecule has 7 heteroatoms. The predicted molar refractivity (Wildman–Crippen MR) is 73.2 cm³/mol. The van der Waals surface area contributed by atoms with E-state index in [1.165, 1.54) is 0 Å². The molecule has 0 radical (unpaired) electrons. The molecule has 0 aliphatic heterocycles. The Bertz CT molecular complexity index is 183. The molecule has 76 valence electrons. The van der Waals surface area contributed by atoms with E-state index in [9.17, 15) is 0 Å². The van der Waals surface area contributed by atoms with Gasteiger partial charge in [-0.1, -0.05) is 0 Å². The van der Waals surface area contributed by atoms with E-state index >= 15 is 0 Å². The van der Waals surface area contributed by atoms with Crippen LogP contribution in [-0.2, 0) is 0 Å². The van der Waals surface area contributed by atoms with Crippen LogP contribution in [0, 0.1) is 0 Å². The second-order valence-corrected chi connectivity index (χ2v) is 11.4. The molecule has 0 heterocycles. The average Bonchev–Trinajstić information content (AvgIpc) is 2.05. The van der Waals surface area contributed by atoms with Crippen molar-refractivity contribution in [2.24, 2.45) is 5.73 Å². The van der Waals surface area contributed by atoms with Crippen LogP contribution < -0.4 is 5.73 Å². The fourth-order valence-corrected chi connectivity index (χ4v) is 10.2. The molecule has 0 aliphatic carbocycles. The molecule has 0 aliphatic rings. The van der Waals surface area contributed by atoms with Gasteiger partial charge < -0.3 is 0 Å². The molecular weight excluding hydrogens is 356 g/mol. The van der Waals surface area contributed by atoms with Gasteiger partial charge >= 0.3 is 107 Å². The summed E-state index contributed by atoms with van der Waals surface area (Å²) in [7, 11) is 3.33. The molecule has 0 amide bonds. The summed E-state index contributed by atoms with van der Waals surface area (Å²) in [6.07, 6.45) is 0. The van der Waals surface area contributed by atoms with Crippen LogP contribution in [0.3, 0.4) is 0 Å². The van der Waals surface area contributed by atoms with Gasteiger partial charge in [-0.25, -0.2) is 0 Å². The molecule has 0 unspecified atom stereocenters. The zero-order valence-corrected chi connectivity index (χ0v) is 13.1. The number of thiocarbonyl (C=S) groups is 2. The Morgan fingerprint density at radius 1 is 1.31 bits per heavy atom. The van der Waals surface area contributed by atoms with Crippen molar-refractivity contribution in [1.82, 2.24) is 4.90 Å². The minimum atomic E-state index is -0.286. The summed E-state index contributed by atoms with van der Waals surface area (Å²) in [5, 5.41) is 0. The van der Waals surface area contributed by atoms with Crippen molar-refractivity contribution in [1.29, 1.82) is 0 Å². The van der Waals surface area contributed by atoms with Crippen molar-refractivity contribution in [3.63, 3.8) is 0 Å². The number of nitrogens with two attached hydrogens (primary N) is 1. The summed E-state index contributed by atoms with van der Waals surface area (Å²) in [6, 6.07) is 0. The van der Waals surface area contributed by atoms with E-state index in [2.05, 4.69) is 18.7 Å². The Morgan fingerprint density at radius 3 is 2.23 bits per heavy atom. The van der Waals surface area contributed by atoms with Crippen LogP contribution in [0.4, 0.5) is 0 Å². The number of hydrogen-bond acceptors (Lipinski definition) is 4. The fourth-order valence-electron chi connectivity index (χ4n) is 0.614. The molecule has 0 fully saturated rings. The first kappa shape index (κ1) is 14.3. The molecule has 0 bridgehead atoms. The first-order valence-corrected chi connectivity index (χ1v) is 11.7. The van der Waals surface area contributed by atoms with E-state index in [-0.39, 0.29) is 18.2 Å². The van der Waals surface area contributed by atoms with Crippen LogP contribution in [0.15, 0.2) is 0 Å². The second-order valence-electron chi connectivity index (χ2n) is 1.99. The molecule has 0 aromatic carbocycles. The molecule has 0 saturated heterocycles. The Balaban J connectivity index is 3.66. The maximum atomic E-state index is 5.38. The van der Waals surface area contributed by atoms with E-state index < -0.39 is 0 Å². The van der Waals surface area contributed by atoms with Gasteiger partial charge in [0.1, 0.15) is 0 Å². The van der Waals surface area contributed by atoms with Gasteiger partial charge in [0, 0.05) is 0 Å². The molecule has 0 aromatic heterocycles. The van der Waals surface area contributed by atoms with Crippen molar-refractivity contribution >= 4 is 69.2 Å². The summed E-state index contributed by atoms with van der Waals surface area (Å²) in [5.74, 6) is 0. The quantitative estimate of drug-likeness (QED) is 0.602. The van der Waals surface area contributed by atoms with E-state index in [1.54, 1.807) is 18.0 Å². The van der Waals surface area contributed by atoms with Gasteiger partial charge in [0.25, 0.3) is 0 Å². The zero-order valence-electron chi connectivity index (χ0n) is 7.48. The standard InChI is InChI=1S/C6H12N2S4Te/c1-3-8(4-2)6(10)12-13-11-5(7)9/h3-4H2,1-2H3,(H2,7,9). The third kappa shape index (κ3) is 7.23. The molecule has 0 spiro atoms. The Morgan fingerprint density at radius 2 is 1.85 bits per heavy atom. The number of hydrogen-bond donors (Lipinski definition) is 1. The Kier molecular flexibility index (Phi) is 9.40. The van der Waals surface area contributed by atoms with Gasteiger partial charge in [-0.3, -0.25) is 0 Å². The topological polar surface area (TPSA) is 29.3 Å². The van der Waals surface area contributed by atoms with E-state index in [0.29, 0.717) is 4.32 Å². The summed E-state index contributed by atoms with van der Waals surface area (Å²) in [5.41, 5.74) is 5.38. The third-order valence-corrected chi connectivity index (χ3v) is 11.5. The summed E-state index contributed by atoms with van der Waals surface area (Å²) in [6.45, 7) is 6.18. The molecule has 0 saturated carbocycles. The van der Waals surface area contributed by atoms with Gasteiger partial charge in [-0.15, -0.1) is 0 Å². The van der Waals surface area contributed by atoms with Gasteiger partial charge in [-0.2, -0.15) is 0 Å². The van der Waals surface area contributed by atoms with Crippen molar-refractivity contribution < 1.29 is 0 Å².